The van der Waals surface area contributed by atoms with Gasteiger partial charge in [-0.15, -0.1) is 0 Å². The summed E-state index contributed by atoms with van der Waals surface area (Å²) < 4.78 is 23.6. The number of hydrogen-bond donors (Lipinski definition) is 2. The lowest BCUT2D eigenvalue weighted by Gasteiger charge is -2.15. The van der Waals surface area contributed by atoms with Gasteiger partial charge in [0, 0.05) is 18.2 Å². The van der Waals surface area contributed by atoms with E-state index < -0.39 is 15.9 Å². The zero-order valence-electron chi connectivity index (χ0n) is 14.0. The van der Waals surface area contributed by atoms with E-state index in [0.29, 0.717) is 16.7 Å². The topological polar surface area (TPSA) is 92.2 Å². The summed E-state index contributed by atoms with van der Waals surface area (Å²) in [6.07, 6.45) is 1.86. The Morgan fingerprint density at radius 1 is 1.16 bits per heavy atom. The lowest BCUT2D eigenvalue weighted by atomic mass is 10.0. The first-order valence-electron chi connectivity index (χ1n) is 7.78. The lowest BCUT2D eigenvalue weighted by molar-refractivity contribution is 0.191. The number of aryl methyl sites for hydroxylation is 1. The molecule has 130 valence electrons. The van der Waals surface area contributed by atoms with Crippen molar-refractivity contribution in [2.45, 2.75) is 17.9 Å². The second-order valence-corrected chi connectivity index (χ2v) is 7.94. The van der Waals surface area contributed by atoms with Crippen molar-refractivity contribution in [2.75, 3.05) is 18.1 Å². The summed E-state index contributed by atoms with van der Waals surface area (Å²) in [6, 6.07) is 12.3. The lowest BCUT2D eigenvalue weighted by Crippen LogP contribution is -2.14. The van der Waals surface area contributed by atoms with E-state index in [1.165, 1.54) is 12.4 Å². The number of aliphatic hydroxyl groups is 1. The number of nitrogens with one attached hydrogen (secondary N) is 1. The number of sulfone groups is 1. The van der Waals surface area contributed by atoms with Crippen LogP contribution >= 0.6 is 0 Å². The largest absolute Gasteiger partial charge is 0.387 e. The van der Waals surface area contributed by atoms with Crippen LogP contribution in [0.3, 0.4) is 0 Å². The molecule has 0 bridgehead atoms. The maximum Gasteiger partial charge on any atom is 0.175 e. The number of fused-ring (bicyclic) bond motifs is 1. The molecule has 0 saturated heterocycles. The molecular formula is C18H19N3O3S. The van der Waals surface area contributed by atoms with Gasteiger partial charge in [0.1, 0.15) is 12.1 Å². The Kier molecular flexibility index (Phi) is 4.69. The van der Waals surface area contributed by atoms with Gasteiger partial charge >= 0.3 is 0 Å². The van der Waals surface area contributed by atoms with Gasteiger partial charge in [-0.25, -0.2) is 18.4 Å². The predicted molar refractivity (Wildman–Crippen MR) is 97.3 cm³/mol. The van der Waals surface area contributed by atoms with Crippen molar-refractivity contribution < 1.29 is 13.5 Å². The molecule has 0 fully saturated rings. The van der Waals surface area contributed by atoms with Gasteiger partial charge < -0.3 is 10.4 Å². The minimum Gasteiger partial charge on any atom is -0.387 e. The molecule has 3 aromatic rings. The van der Waals surface area contributed by atoms with Crippen LogP contribution in [0, 0.1) is 6.92 Å². The molecule has 1 heterocycles. The highest BCUT2D eigenvalue weighted by atomic mass is 32.2. The monoisotopic (exact) mass is 357 g/mol. The van der Waals surface area contributed by atoms with E-state index >= 15 is 0 Å². The third-order valence-electron chi connectivity index (χ3n) is 4.05. The first-order valence-corrected chi connectivity index (χ1v) is 9.67. The third-order valence-corrected chi connectivity index (χ3v) is 5.16. The smallest absolute Gasteiger partial charge is 0.175 e. The highest BCUT2D eigenvalue weighted by Gasteiger charge is 2.13. The molecule has 25 heavy (non-hydrogen) atoms. The van der Waals surface area contributed by atoms with Crippen LogP contribution in [0.2, 0.25) is 0 Å². The molecule has 0 radical (unpaired) electrons. The van der Waals surface area contributed by atoms with E-state index in [1.807, 2.05) is 31.2 Å². The van der Waals surface area contributed by atoms with Gasteiger partial charge in [-0.1, -0.05) is 24.3 Å². The van der Waals surface area contributed by atoms with E-state index in [9.17, 15) is 13.5 Å². The fourth-order valence-electron chi connectivity index (χ4n) is 2.67. The summed E-state index contributed by atoms with van der Waals surface area (Å²) >= 11 is 0. The molecule has 0 spiro atoms. The summed E-state index contributed by atoms with van der Waals surface area (Å²) in [4.78, 5) is 8.55. The van der Waals surface area contributed by atoms with Crippen LogP contribution in [-0.2, 0) is 9.84 Å². The van der Waals surface area contributed by atoms with Crippen LogP contribution in [0.25, 0.3) is 10.9 Å². The SMILES string of the molecule is Cc1ccccc1[C@@H](O)CNc1ncnc2ccc(S(C)(=O)=O)cc12. The fourth-order valence-corrected chi connectivity index (χ4v) is 3.32. The number of nitrogens with zero attached hydrogens (tertiary/aromatic N) is 2. The van der Waals surface area contributed by atoms with Crippen LogP contribution in [0.5, 0.6) is 0 Å². The zero-order valence-corrected chi connectivity index (χ0v) is 14.8. The second-order valence-electron chi connectivity index (χ2n) is 5.93. The molecule has 0 saturated carbocycles. The summed E-state index contributed by atoms with van der Waals surface area (Å²) in [5, 5.41) is 14.1. The normalized spacial score (nSPS) is 12.9. The summed E-state index contributed by atoms with van der Waals surface area (Å²) in [7, 11) is -3.32. The Morgan fingerprint density at radius 3 is 2.64 bits per heavy atom. The van der Waals surface area contributed by atoms with Gasteiger partial charge in [-0.3, -0.25) is 0 Å². The number of rotatable bonds is 5. The number of anilines is 1. The van der Waals surface area contributed by atoms with Crippen LogP contribution in [0.1, 0.15) is 17.2 Å². The van der Waals surface area contributed by atoms with E-state index in [4.69, 9.17) is 0 Å². The zero-order chi connectivity index (χ0) is 18.0. The van der Waals surface area contributed by atoms with Crippen LogP contribution in [-0.4, -0.2) is 36.3 Å². The van der Waals surface area contributed by atoms with Crippen LogP contribution < -0.4 is 5.32 Å². The molecule has 2 N–H and O–H groups in total. The van der Waals surface area contributed by atoms with Crippen molar-refractivity contribution >= 4 is 26.6 Å². The molecular weight excluding hydrogens is 338 g/mol. The Bertz CT molecular complexity index is 1020. The maximum atomic E-state index is 11.8. The van der Waals surface area contributed by atoms with Crippen molar-refractivity contribution in [3.63, 3.8) is 0 Å². The molecule has 2 aromatic carbocycles. The second kappa shape index (κ2) is 6.78. The number of aromatic nitrogens is 2. The molecule has 0 unspecified atom stereocenters. The minimum atomic E-state index is -3.32. The van der Waals surface area contributed by atoms with Crippen LogP contribution in [0.4, 0.5) is 5.82 Å². The number of hydrogen-bond acceptors (Lipinski definition) is 6. The molecule has 1 atom stereocenters. The Hall–Kier alpha value is -2.51. The summed E-state index contributed by atoms with van der Waals surface area (Å²) in [5.74, 6) is 0.489. The minimum absolute atomic E-state index is 0.206. The quantitative estimate of drug-likeness (QED) is 0.729. The van der Waals surface area contributed by atoms with E-state index in [-0.39, 0.29) is 11.4 Å². The van der Waals surface area contributed by atoms with Crippen molar-refractivity contribution in [2.24, 2.45) is 0 Å². The van der Waals surface area contributed by atoms with Gasteiger partial charge in [0.05, 0.1) is 16.5 Å². The molecule has 6 nitrogen and oxygen atoms in total. The molecule has 3 rings (SSSR count). The Balaban J connectivity index is 1.90. The van der Waals surface area contributed by atoms with Gasteiger partial charge in [0.25, 0.3) is 0 Å². The van der Waals surface area contributed by atoms with E-state index in [1.54, 1.807) is 12.1 Å². The van der Waals surface area contributed by atoms with E-state index in [2.05, 4.69) is 15.3 Å². The van der Waals surface area contributed by atoms with Gasteiger partial charge in [-0.05, 0) is 36.2 Å². The Labute approximate surface area is 146 Å². The highest BCUT2D eigenvalue weighted by Crippen LogP contribution is 2.24. The van der Waals surface area contributed by atoms with Crippen molar-refractivity contribution in [1.29, 1.82) is 0 Å². The Morgan fingerprint density at radius 2 is 1.92 bits per heavy atom. The van der Waals surface area contributed by atoms with Gasteiger partial charge in [0.15, 0.2) is 9.84 Å². The molecule has 0 aliphatic rings. The standard InChI is InChI=1S/C18H19N3O3S/c1-12-5-3-4-6-14(12)17(22)10-19-18-15-9-13(25(2,23)24)7-8-16(15)20-11-21-18/h3-9,11,17,22H,10H2,1-2H3,(H,19,20,21)/t17-/m0/s1. The molecule has 1 aromatic heterocycles. The molecule has 0 aliphatic heterocycles. The first kappa shape index (κ1) is 17.3. The summed E-state index contributed by atoms with van der Waals surface area (Å²) in [6.45, 7) is 2.19. The van der Waals surface area contributed by atoms with Gasteiger partial charge in [-0.2, -0.15) is 0 Å². The van der Waals surface area contributed by atoms with Crippen molar-refractivity contribution in [3.05, 3.63) is 59.9 Å². The summed E-state index contributed by atoms with van der Waals surface area (Å²) in [5.41, 5.74) is 2.48. The average Bonchev–Trinajstić information content (AvgIpc) is 2.58. The number of aliphatic hydroxyl groups excluding tert-OH is 1. The average molecular weight is 357 g/mol. The number of benzene rings is 2. The van der Waals surface area contributed by atoms with Gasteiger partial charge in [0.2, 0.25) is 0 Å². The fraction of sp³-hybridized carbons (Fsp3) is 0.222. The molecule has 0 amide bonds. The predicted octanol–water partition coefficient (Wildman–Crippen LogP) is 2.49. The van der Waals surface area contributed by atoms with Crippen molar-refractivity contribution in [3.8, 4) is 0 Å². The maximum absolute atomic E-state index is 11.8. The van der Waals surface area contributed by atoms with E-state index in [0.717, 1.165) is 17.4 Å². The van der Waals surface area contributed by atoms with Crippen LogP contribution in [0.15, 0.2) is 53.7 Å². The third kappa shape index (κ3) is 3.78. The molecule has 0 aliphatic carbocycles. The van der Waals surface area contributed by atoms with Crippen molar-refractivity contribution in [1.82, 2.24) is 9.97 Å². The highest BCUT2D eigenvalue weighted by molar-refractivity contribution is 7.90. The molecule has 7 heteroatoms. The first-order chi connectivity index (χ1) is 11.9.